The van der Waals surface area contributed by atoms with Crippen LogP contribution in [0, 0.1) is 32.1 Å². The number of benzene rings is 2. The second kappa shape index (κ2) is 8.85. The number of nitrogens with zero attached hydrogens (tertiary/aromatic N) is 4. The number of nitro groups is 2. The molecule has 1 aliphatic heterocycles. The van der Waals surface area contributed by atoms with Crippen LogP contribution in [0.2, 0.25) is 0 Å². The fourth-order valence-corrected chi connectivity index (χ4v) is 4.29. The fourth-order valence-electron chi connectivity index (χ4n) is 4.29. The molecule has 174 valence electrons. The number of nitro benzene ring substituents is 2. The summed E-state index contributed by atoms with van der Waals surface area (Å²) >= 11 is 0. The van der Waals surface area contributed by atoms with Gasteiger partial charge in [-0.3, -0.25) is 34.6 Å². The smallest absolute Gasteiger partial charge is 0.272 e. The Labute approximate surface area is 193 Å². The number of carbonyl (C=O) groups is 3. The molecule has 2 atom stereocenters. The van der Waals surface area contributed by atoms with Crippen molar-refractivity contribution >= 4 is 29.1 Å². The Hall–Kier alpha value is -4.41. The van der Waals surface area contributed by atoms with E-state index in [-0.39, 0.29) is 23.5 Å². The summed E-state index contributed by atoms with van der Waals surface area (Å²) in [4.78, 5) is 60.9. The van der Waals surface area contributed by atoms with Gasteiger partial charge in [-0.1, -0.05) is 29.8 Å². The minimum Gasteiger partial charge on any atom is -0.272 e. The predicted molar refractivity (Wildman–Crippen MR) is 118 cm³/mol. The summed E-state index contributed by atoms with van der Waals surface area (Å²) in [5.41, 5.74) is 0.890. The predicted octanol–water partition coefficient (Wildman–Crippen LogP) is 3.40. The molecule has 11 heteroatoms. The number of imide groups is 1. The van der Waals surface area contributed by atoms with Gasteiger partial charge in [0.05, 0.1) is 28.2 Å². The van der Waals surface area contributed by atoms with Gasteiger partial charge in [0.15, 0.2) is 0 Å². The molecule has 1 saturated heterocycles. The molecule has 1 heterocycles. The summed E-state index contributed by atoms with van der Waals surface area (Å²) in [6.07, 6.45) is 2.69. The standard InChI is InChI=1S/C23H20N4O7/c1-14-5-10-19-20(11-14)23(30)25(22(19)29)24(13-15-6-8-17(9-7-15)26(31)32)21(28)16-3-2-4-18(12-16)27(33)34/h2-9,12,19-20H,10-11,13H2,1H3/t19-,20+/m1/s1. The van der Waals surface area contributed by atoms with Gasteiger partial charge in [0.1, 0.15) is 0 Å². The fraction of sp³-hybridized carbons (Fsp3) is 0.261. The molecule has 0 saturated carbocycles. The molecular formula is C23H20N4O7. The summed E-state index contributed by atoms with van der Waals surface area (Å²) in [6, 6.07) is 10.4. The molecule has 0 bridgehead atoms. The Kier molecular flexibility index (Phi) is 5.93. The van der Waals surface area contributed by atoms with Crippen molar-refractivity contribution in [2.75, 3.05) is 0 Å². The molecule has 34 heavy (non-hydrogen) atoms. The molecule has 2 aliphatic rings. The topological polar surface area (TPSA) is 144 Å². The molecule has 2 aromatic rings. The van der Waals surface area contributed by atoms with Crippen molar-refractivity contribution in [2.24, 2.45) is 11.8 Å². The van der Waals surface area contributed by atoms with Gasteiger partial charge in [0.2, 0.25) is 0 Å². The van der Waals surface area contributed by atoms with Crippen molar-refractivity contribution in [1.29, 1.82) is 0 Å². The lowest BCUT2D eigenvalue weighted by atomic mass is 9.82. The Bertz CT molecular complexity index is 1240. The second-order valence-electron chi connectivity index (χ2n) is 8.29. The van der Waals surface area contributed by atoms with Gasteiger partial charge in [0, 0.05) is 29.8 Å². The maximum absolute atomic E-state index is 13.5. The van der Waals surface area contributed by atoms with Crippen molar-refractivity contribution < 1.29 is 24.2 Å². The molecule has 0 N–H and O–H groups in total. The van der Waals surface area contributed by atoms with E-state index in [9.17, 15) is 34.6 Å². The average molecular weight is 464 g/mol. The third-order valence-electron chi connectivity index (χ3n) is 6.06. The number of amides is 3. The lowest BCUT2D eigenvalue weighted by molar-refractivity contribution is -0.385. The molecule has 0 spiro atoms. The Morgan fingerprint density at radius 3 is 2.29 bits per heavy atom. The Morgan fingerprint density at radius 2 is 1.65 bits per heavy atom. The van der Waals surface area contributed by atoms with Gasteiger partial charge in [-0.2, -0.15) is 5.01 Å². The Balaban J connectivity index is 1.72. The number of allylic oxidation sites excluding steroid dienone is 2. The molecule has 4 rings (SSSR count). The summed E-state index contributed by atoms with van der Waals surface area (Å²) < 4.78 is 0. The van der Waals surface area contributed by atoms with Crippen molar-refractivity contribution in [3.63, 3.8) is 0 Å². The summed E-state index contributed by atoms with van der Waals surface area (Å²) in [5, 5.41) is 24.0. The van der Waals surface area contributed by atoms with Crippen LogP contribution in [0.15, 0.2) is 60.2 Å². The van der Waals surface area contributed by atoms with E-state index in [1.807, 2.05) is 13.0 Å². The van der Waals surface area contributed by atoms with Gasteiger partial charge in [-0.15, -0.1) is 0 Å². The third kappa shape index (κ3) is 4.15. The van der Waals surface area contributed by atoms with E-state index >= 15 is 0 Å². The number of hydrogen-bond acceptors (Lipinski definition) is 7. The molecule has 0 aromatic heterocycles. The maximum Gasteiger partial charge on any atom is 0.273 e. The average Bonchev–Trinajstić information content (AvgIpc) is 3.06. The normalized spacial score (nSPS) is 19.4. The zero-order valence-corrected chi connectivity index (χ0v) is 18.1. The minimum absolute atomic E-state index is 0.0686. The minimum atomic E-state index is -0.771. The number of rotatable bonds is 6. The SMILES string of the molecule is CC1=CC[C@H]2C(=O)N(N(Cc3ccc([N+](=O)[O-])cc3)C(=O)c3cccc([N+](=O)[O-])c3)C(=O)[C@H]2C1. The lowest BCUT2D eigenvalue weighted by Crippen LogP contribution is -2.49. The van der Waals surface area contributed by atoms with Gasteiger partial charge >= 0.3 is 0 Å². The van der Waals surface area contributed by atoms with Crippen molar-refractivity contribution in [3.05, 3.63) is 91.5 Å². The monoisotopic (exact) mass is 464 g/mol. The highest BCUT2D eigenvalue weighted by molar-refractivity contribution is 6.08. The van der Waals surface area contributed by atoms with Gasteiger partial charge in [0.25, 0.3) is 29.1 Å². The summed E-state index contributed by atoms with van der Waals surface area (Å²) in [5.74, 6) is -2.97. The van der Waals surface area contributed by atoms with Crippen LogP contribution in [-0.4, -0.2) is 37.6 Å². The quantitative estimate of drug-likeness (QED) is 0.276. The number of fused-ring (bicyclic) bond motifs is 1. The molecule has 2 aromatic carbocycles. The summed E-state index contributed by atoms with van der Waals surface area (Å²) in [7, 11) is 0. The van der Waals surface area contributed by atoms with Crippen LogP contribution in [0.25, 0.3) is 0 Å². The van der Waals surface area contributed by atoms with Crippen molar-refractivity contribution in [2.45, 2.75) is 26.3 Å². The van der Waals surface area contributed by atoms with E-state index in [2.05, 4.69) is 0 Å². The number of carbonyl (C=O) groups excluding carboxylic acids is 3. The van der Waals surface area contributed by atoms with E-state index in [0.29, 0.717) is 18.4 Å². The highest BCUT2D eigenvalue weighted by Gasteiger charge is 2.51. The number of non-ortho nitro benzene ring substituents is 2. The molecule has 0 unspecified atom stereocenters. The van der Waals surface area contributed by atoms with Gasteiger partial charge in [-0.05, 0) is 31.4 Å². The second-order valence-corrected chi connectivity index (χ2v) is 8.29. The first-order chi connectivity index (χ1) is 16.2. The van der Waals surface area contributed by atoms with Crippen molar-refractivity contribution in [1.82, 2.24) is 10.0 Å². The first-order valence-corrected chi connectivity index (χ1v) is 10.5. The molecular weight excluding hydrogens is 444 g/mol. The van der Waals surface area contributed by atoms with Crippen LogP contribution in [0.1, 0.15) is 35.7 Å². The maximum atomic E-state index is 13.5. The highest BCUT2D eigenvalue weighted by atomic mass is 16.6. The van der Waals surface area contributed by atoms with E-state index in [1.165, 1.54) is 42.5 Å². The van der Waals surface area contributed by atoms with Gasteiger partial charge in [-0.25, -0.2) is 5.01 Å². The van der Waals surface area contributed by atoms with E-state index in [4.69, 9.17) is 0 Å². The largest absolute Gasteiger partial charge is 0.273 e. The summed E-state index contributed by atoms with van der Waals surface area (Å²) in [6.45, 7) is 1.64. The van der Waals surface area contributed by atoms with Crippen LogP contribution in [0.5, 0.6) is 0 Å². The van der Waals surface area contributed by atoms with Crippen LogP contribution in [0.3, 0.4) is 0 Å². The molecule has 1 aliphatic carbocycles. The van der Waals surface area contributed by atoms with E-state index in [1.54, 1.807) is 0 Å². The first kappa shape index (κ1) is 22.8. The van der Waals surface area contributed by atoms with Crippen LogP contribution >= 0.6 is 0 Å². The first-order valence-electron chi connectivity index (χ1n) is 10.5. The molecule has 1 fully saturated rings. The van der Waals surface area contributed by atoms with Crippen LogP contribution in [0.4, 0.5) is 11.4 Å². The zero-order valence-electron chi connectivity index (χ0n) is 18.1. The lowest BCUT2D eigenvalue weighted by Gasteiger charge is -2.30. The zero-order chi connectivity index (χ0) is 24.6. The van der Waals surface area contributed by atoms with Crippen LogP contribution < -0.4 is 0 Å². The van der Waals surface area contributed by atoms with E-state index < -0.39 is 39.4 Å². The highest BCUT2D eigenvalue weighted by Crippen LogP contribution is 2.39. The molecule has 3 amide bonds. The molecule has 0 radical (unpaired) electrons. The Morgan fingerprint density at radius 1 is 1.00 bits per heavy atom. The van der Waals surface area contributed by atoms with Crippen LogP contribution in [-0.2, 0) is 16.1 Å². The van der Waals surface area contributed by atoms with Gasteiger partial charge < -0.3 is 0 Å². The molecule has 11 nitrogen and oxygen atoms in total. The number of hydrazine groups is 1. The third-order valence-corrected chi connectivity index (χ3v) is 6.06. The number of hydrogen-bond donors (Lipinski definition) is 0. The van der Waals surface area contributed by atoms with Crippen molar-refractivity contribution in [3.8, 4) is 0 Å². The van der Waals surface area contributed by atoms with E-state index in [0.717, 1.165) is 21.7 Å².